The maximum atomic E-state index is 13.1. The maximum absolute atomic E-state index is 13.1. The van der Waals surface area contributed by atoms with Crippen molar-refractivity contribution in [3.8, 4) is 5.75 Å². The van der Waals surface area contributed by atoms with Crippen LogP contribution in [0.3, 0.4) is 0 Å². The Morgan fingerprint density at radius 1 is 1.14 bits per heavy atom. The Balaban J connectivity index is 1.88. The van der Waals surface area contributed by atoms with E-state index >= 15 is 0 Å². The number of rotatable bonds is 3. The molecule has 1 atom stereocenters. The molecule has 0 aliphatic carbocycles. The predicted molar refractivity (Wildman–Crippen MR) is 97.7 cm³/mol. The number of amides is 1. The zero-order valence-corrected chi connectivity index (χ0v) is 15.5. The van der Waals surface area contributed by atoms with Gasteiger partial charge in [-0.3, -0.25) is 9.10 Å². The van der Waals surface area contributed by atoms with Gasteiger partial charge in [0.25, 0.3) is 5.91 Å². The van der Waals surface area contributed by atoms with Crippen LogP contribution < -0.4 is 14.4 Å². The van der Waals surface area contributed by atoms with Crippen LogP contribution in [0.5, 0.6) is 5.75 Å². The summed E-state index contributed by atoms with van der Waals surface area (Å²) in [6.45, 7) is -0.0468. The molecular formula is C18H17F3N2O4S. The number of benzene rings is 2. The van der Waals surface area contributed by atoms with E-state index in [1.807, 2.05) is 0 Å². The minimum absolute atomic E-state index is 0.0260. The molecule has 0 aromatic heterocycles. The van der Waals surface area contributed by atoms with Crippen LogP contribution in [0.2, 0.25) is 0 Å². The lowest BCUT2D eigenvalue weighted by Gasteiger charge is -2.20. The third-order valence-corrected chi connectivity index (χ3v) is 5.36. The van der Waals surface area contributed by atoms with E-state index < -0.39 is 33.8 Å². The van der Waals surface area contributed by atoms with E-state index in [1.54, 1.807) is 12.1 Å². The molecule has 1 aliphatic heterocycles. The van der Waals surface area contributed by atoms with Crippen LogP contribution in [0.15, 0.2) is 48.5 Å². The van der Waals surface area contributed by atoms with Crippen LogP contribution in [-0.4, -0.2) is 33.2 Å². The number of ether oxygens (including phenoxy) is 1. The molecule has 1 amide bonds. The van der Waals surface area contributed by atoms with Crippen LogP contribution in [0.1, 0.15) is 12.0 Å². The highest BCUT2D eigenvalue weighted by atomic mass is 32.2. The molecule has 1 N–H and O–H groups in total. The van der Waals surface area contributed by atoms with Gasteiger partial charge in [-0.15, -0.1) is 0 Å². The lowest BCUT2D eigenvalue weighted by Crippen LogP contribution is -2.36. The largest absolute Gasteiger partial charge is 0.478 e. The van der Waals surface area contributed by atoms with E-state index in [1.165, 1.54) is 24.3 Å². The minimum Gasteiger partial charge on any atom is -0.478 e. The third kappa shape index (κ3) is 4.22. The van der Waals surface area contributed by atoms with Gasteiger partial charge in [-0.25, -0.2) is 8.42 Å². The van der Waals surface area contributed by atoms with E-state index in [9.17, 15) is 26.4 Å². The molecule has 10 heteroatoms. The molecule has 0 radical (unpaired) electrons. The number of carbonyl (C=O) groups excluding carboxylic acids is 1. The fraction of sp³-hybridized carbons (Fsp3) is 0.278. The Kier molecular flexibility index (Phi) is 5.24. The molecule has 1 aliphatic rings. The summed E-state index contributed by atoms with van der Waals surface area (Å²) in [6.07, 6.45) is -4.78. The van der Waals surface area contributed by atoms with E-state index in [-0.39, 0.29) is 30.1 Å². The molecule has 0 spiro atoms. The van der Waals surface area contributed by atoms with Gasteiger partial charge in [0.15, 0.2) is 6.10 Å². The first kappa shape index (κ1) is 20.0. The number of hydrogen-bond donors (Lipinski definition) is 1. The van der Waals surface area contributed by atoms with Gasteiger partial charge < -0.3 is 10.1 Å². The molecule has 0 saturated heterocycles. The number of anilines is 2. The van der Waals surface area contributed by atoms with E-state index in [4.69, 9.17) is 4.74 Å². The van der Waals surface area contributed by atoms with Gasteiger partial charge >= 0.3 is 6.18 Å². The van der Waals surface area contributed by atoms with E-state index in [0.29, 0.717) is 0 Å². The van der Waals surface area contributed by atoms with Crippen LogP contribution in [-0.2, 0) is 21.0 Å². The Bertz CT molecular complexity index is 992. The molecule has 1 heterocycles. The average Bonchev–Trinajstić information content (AvgIpc) is 2.80. The normalized spacial score (nSPS) is 17.3. The number of carbonyl (C=O) groups is 1. The second kappa shape index (κ2) is 7.34. The molecule has 150 valence electrons. The van der Waals surface area contributed by atoms with Gasteiger partial charge in [-0.2, -0.15) is 13.2 Å². The molecule has 0 bridgehead atoms. The standard InChI is InChI=1S/C18H17F3N2O4S/c1-28(25,26)23-11-10-16(27-15-9-5-4-8-14(15)23)17(24)22-13-7-3-2-6-12(13)18(19,20)21/h2-9,16H,10-11H2,1H3,(H,22,24). The van der Waals surface area contributed by atoms with Crippen molar-refractivity contribution in [3.05, 3.63) is 54.1 Å². The number of alkyl halides is 3. The molecule has 6 nitrogen and oxygen atoms in total. The fourth-order valence-corrected chi connectivity index (χ4v) is 3.86. The van der Waals surface area contributed by atoms with Crippen molar-refractivity contribution < 1.29 is 31.1 Å². The quantitative estimate of drug-likeness (QED) is 0.837. The number of sulfonamides is 1. The van der Waals surface area contributed by atoms with Gasteiger partial charge in [0.1, 0.15) is 5.75 Å². The van der Waals surface area contributed by atoms with Crippen LogP contribution >= 0.6 is 0 Å². The van der Waals surface area contributed by atoms with Crippen LogP contribution in [0.4, 0.5) is 24.5 Å². The molecule has 2 aromatic rings. The highest BCUT2D eigenvalue weighted by molar-refractivity contribution is 7.92. The molecule has 28 heavy (non-hydrogen) atoms. The molecule has 0 fully saturated rings. The first-order chi connectivity index (χ1) is 13.1. The summed E-state index contributed by atoms with van der Waals surface area (Å²) in [6, 6.07) is 10.9. The SMILES string of the molecule is CS(=O)(=O)N1CCC(C(=O)Nc2ccccc2C(F)(F)F)Oc2ccccc21. The second-order valence-electron chi connectivity index (χ2n) is 6.23. The summed E-state index contributed by atoms with van der Waals surface area (Å²) in [5, 5.41) is 2.25. The zero-order chi connectivity index (χ0) is 20.5. The Labute approximate surface area is 160 Å². The molecule has 2 aromatic carbocycles. The monoisotopic (exact) mass is 414 g/mol. The molecule has 1 unspecified atom stereocenters. The zero-order valence-electron chi connectivity index (χ0n) is 14.7. The molecular weight excluding hydrogens is 397 g/mol. The van der Waals surface area contributed by atoms with Crippen molar-refractivity contribution in [2.75, 3.05) is 22.4 Å². The van der Waals surface area contributed by atoms with Gasteiger partial charge in [0, 0.05) is 13.0 Å². The number of nitrogens with zero attached hydrogens (tertiary/aromatic N) is 1. The van der Waals surface area contributed by atoms with Crippen molar-refractivity contribution in [2.24, 2.45) is 0 Å². The van der Waals surface area contributed by atoms with Gasteiger partial charge in [0.05, 0.1) is 23.2 Å². The highest BCUT2D eigenvalue weighted by Crippen LogP contribution is 2.36. The Morgan fingerprint density at radius 3 is 2.46 bits per heavy atom. The average molecular weight is 414 g/mol. The summed E-state index contributed by atoms with van der Waals surface area (Å²) < 4.78 is 70.3. The smallest absolute Gasteiger partial charge is 0.418 e. The Hall–Kier alpha value is -2.75. The molecule has 0 saturated carbocycles. The third-order valence-electron chi connectivity index (χ3n) is 4.18. The number of hydrogen-bond acceptors (Lipinski definition) is 4. The second-order valence-corrected chi connectivity index (χ2v) is 8.14. The lowest BCUT2D eigenvalue weighted by molar-refractivity contribution is -0.137. The predicted octanol–water partition coefficient (Wildman–Crippen LogP) is 3.26. The number of para-hydroxylation sites is 3. The minimum atomic E-state index is -4.63. The van der Waals surface area contributed by atoms with E-state index in [0.717, 1.165) is 22.7 Å². The van der Waals surface area contributed by atoms with Crippen molar-refractivity contribution in [3.63, 3.8) is 0 Å². The van der Waals surface area contributed by atoms with Crippen molar-refractivity contribution in [1.29, 1.82) is 0 Å². The van der Waals surface area contributed by atoms with Crippen molar-refractivity contribution in [2.45, 2.75) is 18.7 Å². The number of nitrogens with one attached hydrogen (secondary N) is 1. The van der Waals surface area contributed by atoms with E-state index in [2.05, 4.69) is 5.32 Å². The summed E-state index contributed by atoms with van der Waals surface area (Å²) in [5.41, 5.74) is -1.09. The van der Waals surface area contributed by atoms with Crippen molar-refractivity contribution in [1.82, 2.24) is 0 Å². The number of halogens is 3. The van der Waals surface area contributed by atoms with Crippen LogP contribution in [0, 0.1) is 0 Å². The molecule has 3 rings (SSSR count). The first-order valence-electron chi connectivity index (χ1n) is 8.28. The summed E-state index contributed by atoms with van der Waals surface area (Å²) in [5.74, 6) is -0.628. The van der Waals surface area contributed by atoms with Gasteiger partial charge in [0.2, 0.25) is 10.0 Å². The topological polar surface area (TPSA) is 75.7 Å². The fourth-order valence-electron chi connectivity index (χ4n) is 2.91. The first-order valence-corrected chi connectivity index (χ1v) is 10.1. The van der Waals surface area contributed by atoms with Crippen LogP contribution in [0.25, 0.3) is 0 Å². The van der Waals surface area contributed by atoms with Gasteiger partial charge in [-0.1, -0.05) is 24.3 Å². The Morgan fingerprint density at radius 2 is 1.79 bits per heavy atom. The summed E-state index contributed by atoms with van der Waals surface area (Å²) >= 11 is 0. The summed E-state index contributed by atoms with van der Waals surface area (Å²) in [4.78, 5) is 12.6. The highest BCUT2D eigenvalue weighted by Gasteiger charge is 2.35. The summed E-state index contributed by atoms with van der Waals surface area (Å²) in [7, 11) is -3.62. The van der Waals surface area contributed by atoms with Gasteiger partial charge in [-0.05, 0) is 24.3 Å². The maximum Gasteiger partial charge on any atom is 0.418 e. The number of fused-ring (bicyclic) bond motifs is 1. The van der Waals surface area contributed by atoms with Crippen molar-refractivity contribution >= 4 is 27.3 Å². The lowest BCUT2D eigenvalue weighted by atomic mass is 10.1.